The van der Waals surface area contributed by atoms with Gasteiger partial charge in [-0.05, 0) is 43.0 Å². The van der Waals surface area contributed by atoms with Gasteiger partial charge in [0, 0.05) is 38.3 Å². The first-order valence-electron chi connectivity index (χ1n) is 10.5. The lowest BCUT2D eigenvalue weighted by atomic mass is 10.0. The number of anilines is 1. The summed E-state index contributed by atoms with van der Waals surface area (Å²) < 4.78 is 5.35. The molecule has 1 aromatic carbocycles. The number of hydrogen-bond donors (Lipinski definition) is 1. The van der Waals surface area contributed by atoms with E-state index >= 15 is 0 Å². The van der Waals surface area contributed by atoms with Crippen LogP contribution in [0.25, 0.3) is 0 Å². The average molecular weight is 388 g/mol. The number of morpholine rings is 1. The fraction of sp³-hybridized carbons (Fsp3) is 0.636. The molecule has 0 aliphatic carbocycles. The zero-order valence-electron chi connectivity index (χ0n) is 17.2. The molecule has 2 amide bonds. The Hall–Kier alpha value is -1.92. The van der Waals surface area contributed by atoms with E-state index in [1.54, 1.807) is 4.90 Å². The Morgan fingerprint density at radius 3 is 2.79 bits per heavy atom. The molecule has 2 aliphatic rings. The maximum absolute atomic E-state index is 12.5. The van der Waals surface area contributed by atoms with Crippen LogP contribution in [0.3, 0.4) is 0 Å². The van der Waals surface area contributed by atoms with Crippen molar-refractivity contribution in [1.82, 2.24) is 10.2 Å². The fourth-order valence-corrected chi connectivity index (χ4v) is 3.83. The Morgan fingerprint density at radius 2 is 2.04 bits per heavy atom. The van der Waals surface area contributed by atoms with Gasteiger partial charge in [-0.3, -0.25) is 14.5 Å². The number of nitrogens with zero attached hydrogens (tertiary/aromatic N) is 2. The van der Waals surface area contributed by atoms with E-state index in [1.807, 2.05) is 12.1 Å². The molecule has 154 valence electrons. The van der Waals surface area contributed by atoms with Crippen molar-refractivity contribution in [2.75, 3.05) is 50.8 Å². The van der Waals surface area contributed by atoms with E-state index in [9.17, 15) is 9.59 Å². The lowest BCUT2D eigenvalue weighted by Gasteiger charge is -2.26. The van der Waals surface area contributed by atoms with E-state index in [-0.39, 0.29) is 17.7 Å². The Kier molecular flexibility index (Phi) is 7.45. The summed E-state index contributed by atoms with van der Waals surface area (Å²) in [5.74, 6) is 0.194. The van der Waals surface area contributed by atoms with Crippen molar-refractivity contribution < 1.29 is 14.3 Å². The number of hydrogen-bond acceptors (Lipinski definition) is 4. The average Bonchev–Trinajstić information content (AvgIpc) is 3.10. The van der Waals surface area contributed by atoms with Gasteiger partial charge in [0.15, 0.2) is 0 Å². The van der Waals surface area contributed by atoms with Crippen LogP contribution < -0.4 is 10.2 Å². The van der Waals surface area contributed by atoms with Gasteiger partial charge in [-0.2, -0.15) is 0 Å². The van der Waals surface area contributed by atoms with Gasteiger partial charge in [0.05, 0.1) is 19.1 Å². The number of ether oxygens (including phenoxy) is 1. The second-order valence-corrected chi connectivity index (χ2v) is 8.11. The summed E-state index contributed by atoms with van der Waals surface area (Å²) in [5.41, 5.74) is 2.11. The molecule has 1 atom stereocenters. The molecule has 2 fully saturated rings. The van der Waals surface area contributed by atoms with Gasteiger partial charge in [0.25, 0.3) is 0 Å². The van der Waals surface area contributed by atoms with Crippen LogP contribution in [0.2, 0.25) is 0 Å². The van der Waals surface area contributed by atoms with Crippen LogP contribution in [0.15, 0.2) is 24.3 Å². The first-order chi connectivity index (χ1) is 13.5. The molecule has 0 saturated carbocycles. The van der Waals surface area contributed by atoms with Crippen molar-refractivity contribution in [2.45, 2.75) is 39.0 Å². The Morgan fingerprint density at radius 1 is 1.25 bits per heavy atom. The lowest BCUT2D eigenvalue weighted by Crippen LogP contribution is -2.37. The molecule has 3 rings (SSSR count). The number of rotatable bonds is 8. The molecule has 6 nitrogen and oxygen atoms in total. The summed E-state index contributed by atoms with van der Waals surface area (Å²) in [7, 11) is 0. The molecule has 6 heteroatoms. The van der Waals surface area contributed by atoms with E-state index in [1.165, 1.54) is 5.56 Å². The van der Waals surface area contributed by atoms with Gasteiger partial charge >= 0.3 is 0 Å². The number of carbonyl (C=O) groups excluding carboxylic acids is 2. The van der Waals surface area contributed by atoms with Crippen molar-refractivity contribution in [3.05, 3.63) is 29.8 Å². The normalized spacial score (nSPS) is 20.8. The smallest absolute Gasteiger partial charge is 0.227 e. The van der Waals surface area contributed by atoms with E-state index in [4.69, 9.17) is 4.74 Å². The largest absolute Gasteiger partial charge is 0.379 e. The number of unbranched alkanes of at least 4 members (excludes halogenated alkanes) is 1. The molecule has 1 aromatic rings. The molecule has 2 heterocycles. The zero-order chi connectivity index (χ0) is 19.9. The minimum atomic E-state index is -0.255. The minimum absolute atomic E-state index is 0.00207. The Labute approximate surface area is 168 Å². The minimum Gasteiger partial charge on any atom is -0.379 e. The standard InChI is InChI=1S/C22H33N3O3/c1-17(2)18-6-5-7-20(14-18)25-16-19(15-21(25)26)22(27)23-8-3-4-9-24-10-12-28-13-11-24/h5-7,14,17,19H,3-4,8-13,15-16H2,1-2H3,(H,23,27). The summed E-state index contributed by atoms with van der Waals surface area (Å²) in [6, 6.07) is 8.08. The highest BCUT2D eigenvalue weighted by molar-refractivity contribution is 6.00. The van der Waals surface area contributed by atoms with E-state index in [0.29, 0.717) is 25.4 Å². The second-order valence-electron chi connectivity index (χ2n) is 8.11. The summed E-state index contributed by atoms with van der Waals surface area (Å²) in [6.45, 7) is 10.1. The summed E-state index contributed by atoms with van der Waals surface area (Å²) in [5, 5.41) is 3.02. The lowest BCUT2D eigenvalue weighted by molar-refractivity contribution is -0.126. The second kappa shape index (κ2) is 10.0. The highest BCUT2D eigenvalue weighted by Crippen LogP contribution is 2.27. The van der Waals surface area contributed by atoms with Gasteiger partial charge in [-0.15, -0.1) is 0 Å². The first kappa shape index (κ1) is 20.8. The van der Waals surface area contributed by atoms with Gasteiger partial charge in [0.2, 0.25) is 11.8 Å². The van der Waals surface area contributed by atoms with Crippen molar-refractivity contribution in [2.24, 2.45) is 5.92 Å². The molecule has 28 heavy (non-hydrogen) atoms. The van der Waals surface area contributed by atoms with Crippen molar-refractivity contribution in [3.8, 4) is 0 Å². The molecule has 2 saturated heterocycles. The molecule has 1 N–H and O–H groups in total. The topological polar surface area (TPSA) is 61.9 Å². The zero-order valence-corrected chi connectivity index (χ0v) is 17.2. The van der Waals surface area contributed by atoms with Crippen LogP contribution in [-0.2, 0) is 14.3 Å². The molecular formula is C22H33N3O3. The van der Waals surface area contributed by atoms with Crippen LogP contribution in [0.5, 0.6) is 0 Å². The molecule has 0 bridgehead atoms. The third-order valence-corrected chi connectivity index (χ3v) is 5.65. The number of benzene rings is 1. The first-order valence-corrected chi connectivity index (χ1v) is 10.5. The molecular weight excluding hydrogens is 354 g/mol. The fourth-order valence-electron chi connectivity index (χ4n) is 3.83. The SMILES string of the molecule is CC(C)c1cccc(N2CC(C(=O)NCCCCN3CCOCC3)CC2=O)c1. The Bertz CT molecular complexity index is 671. The van der Waals surface area contributed by atoms with Crippen molar-refractivity contribution in [1.29, 1.82) is 0 Å². The van der Waals surface area contributed by atoms with E-state index in [0.717, 1.165) is 51.4 Å². The summed E-state index contributed by atoms with van der Waals surface area (Å²) >= 11 is 0. The summed E-state index contributed by atoms with van der Waals surface area (Å²) in [6.07, 6.45) is 2.33. The Balaban J connectivity index is 1.41. The van der Waals surface area contributed by atoms with Gasteiger partial charge in [-0.25, -0.2) is 0 Å². The van der Waals surface area contributed by atoms with Crippen molar-refractivity contribution in [3.63, 3.8) is 0 Å². The van der Waals surface area contributed by atoms with Gasteiger partial charge in [-0.1, -0.05) is 26.0 Å². The quantitative estimate of drug-likeness (QED) is 0.696. The molecule has 0 aromatic heterocycles. The van der Waals surface area contributed by atoms with Crippen molar-refractivity contribution >= 4 is 17.5 Å². The van der Waals surface area contributed by atoms with Crippen LogP contribution in [0.4, 0.5) is 5.69 Å². The summed E-state index contributed by atoms with van der Waals surface area (Å²) in [4.78, 5) is 29.1. The molecule has 1 unspecified atom stereocenters. The van der Waals surface area contributed by atoms with E-state index < -0.39 is 0 Å². The number of carbonyl (C=O) groups is 2. The highest BCUT2D eigenvalue weighted by Gasteiger charge is 2.35. The molecule has 0 radical (unpaired) electrons. The van der Waals surface area contributed by atoms with Crippen LogP contribution in [-0.4, -0.2) is 62.7 Å². The van der Waals surface area contributed by atoms with Crippen LogP contribution in [0.1, 0.15) is 44.6 Å². The predicted octanol–water partition coefficient (Wildman–Crippen LogP) is 2.39. The van der Waals surface area contributed by atoms with Crippen LogP contribution >= 0.6 is 0 Å². The molecule has 2 aliphatic heterocycles. The maximum Gasteiger partial charge on any atom is 0.227 e. The third-order valence-electron chi connectivity index (χ3n) is 5.65. The number of amides is 2. The highest BCUT2D eigenvalue weighted by atomic mass is 16.5. The monoisotopic (exact) mass is 387 g/mol. The third kappa shape index (κ3) is 5.55. The number of nitrogens with one attached hydrogen (secondary N) is 1. The van der Waals surface area contributed by atoms with Gasteiger partial charge < -0.3 is 15.0 Å². The molecule has 0 spiro atoms. The van der Waals surface area contributed by atoms with Gasteiger partial charge in [0.1, 0.15) is 0 Å². The van der Waals surface area contributed by atoms with Crippen LogP contribution in [0, 0.1) is 5.92 Å². The predicted molar refractivity (Wildman–Crippen MR) is 110 cm³/mol. The van der Waals surface area contributed by atoms with E-state index in [2.05, 4.69) is 36.2 Å². The maximum atomic E-state index is 12.5.